The predicted octanol–water partition coefficient (Wildman–Crippen LogP) is 2.97. The number of hydrogen-bond donors (Lipinski definition) is 0. The lowest BCUT2D eigenvalue weighted by Crippen LogP contribution is -2.33. The topological polar surface area (TPSA) is 67.9 Å². The molecule has 2 rings (SSSR count). The molecule has 6 heteroatoms. The van der Waals surface area contributed by atoms with Crippen LogP contribution in [0.15, 0.2) is 18.2 Å². The molecule has 1 amide bonds. The van der Waals surface area contributed by atoms with E-state index in [-0.39, 0.29) is 30.8 Å². The molecule has 0 spiro atoms. The Kier molecular flexibility index (Phi) is 4.49. The molecular weight excluding hydrogens is 297 g/mol. The summed E-state index contributed by atoms with van der Waals surface area (Å²) in [6.45, 7) is -0.117. The highest BCUT2D eigenvalue weighted by Gasteiger charge is 2.45. The van der Waals surface area contributed by atoms with Gasteiger partial charge in [-0.05, 0) is 30.0 Å². The third kappa shape index (κ3) is 3.04. The zero-order chi connectivity index (χ0) is 14.7. The molecule has 1 aliphatic rings. The van der Waals surface area contributed by atoms with Gasteiger partial charge in [0.15, 0.2) is 0 Å². The van der Waals surface area contributed by atoms with Gasteiger partial charge in [-0.3, -0.25) is 4.79 Å². The van der Waals surface area contributed by atoms with Crippen LogP contribution >= 0.6 is 23.2 Å². The first kappa shape index (κ1) is 14.7. The summed E-state index contributed by atoms with van der Waals surface area (Å²) in [5.41, 5.74) is 0.964. The highest BCUT2D eigenvalue weighted by molar-refractivity contribution is 6.42. The van der Waals surface area contributed by atoms with Gasteiger partial charge in [0.2, 0.25) is 5.91 Å². The summed E-state index contributed by atoms with van der Waals surface area (Å²) in [7, 11) is 0. The maximum absolute atomic E-state index is 12.2. The van der Waals surface area contributed by atoms with Crippen molar-refractivity contribution in [2.45, 2.75) is 12.3 Å². The highest BCUT2D eigenvalue weighted by atomic mass is 35.5. The largest absolute Gasteiger partial charge is 0.316 e. The summed E-state index contributed by atoms with van der Waals surface area (Å²) in [4.78, 5) is 13.5. The van der Waals surface area contributed by atoms with E-state index in [4.69, 9.17) is 33.7 Å². The van der Waals surface area contributed by atoms with Gasteiger partial charge in [0.05, 0.1) is 22.2 Å². The Morgan fingerprint density at radius 3 is 2.45 bits per heavy atom. The lowest BCUT2D eigenvalue weighted by atomic mass is 10.1. The predicted molar refractivity (Wildman–Crippen MR) is 75.1 cm³/mol. The normalized spacial score (nSPS) is 19.8. The number of carbonyl (C=O) groups excluding carboxylic acids is 1. The third-order valence-corrected chi connectivity index (χ3v) is 4.05. The maximum Gasteiger partial charge on any atom is 0.228 e. The fourth-order valence-electron chi connectivity index (χ4n) is 2.20. The SMILES string of the molecule is N#CCN(CC#N)C(=O)[C@@H]1C[C@@H]1c1ccc(Cl)c(Cl)c1. The van der Waals surface area contributed by atoms with Crippen LogP contribution in [-0.2, 0) is 4.79 Å². The molecule has 0 N–H and O–H groups in total. The summed E-state index contributed by atoms with van der Waals surface area (Å²) in [5, 5.41) is 18.3. The van der Waals surface area contributed by atoms with Gasteiger partial charge in [0.25, 0.3) is 0 Å². The third-order valence-electron chi connectivity index (χ3n) is 3.31. The van der Waals surface area contributed by atoms with Gasteiger partial charge >= 0.3 is 0 Å². The van der Waals surface area contributed by atoms with Crippen LogP contribution in [-0.4, -0.2) is 23.9 Å². The van der Waals surface area contributed by atoms with Crippen LogP contribution in [0.2, 0.25) is 10.0 Å². The summed E-state index contributed by atoms with van der Waals surface area (Å²) in [6.07, 6.45) is 0.712. The molecule has 2 atom stereocenters. The van der Waals surface area contributed by atoms with E-state index in [1.54, 1.807) is 12.1 Å². The molecule has 102 valence electrons. The van der Waals surface area contributed by atoms with Crippen molar-refractivity contribution in [1.82, 2.24) is 4.90 Å². The van der Waals surface area contributed by atoms with Gasteiger partial charge in [-0.25, -0.2) is 0 Å². The minimum Gasteiger partial charge on any atom is -0.316 e. The molecule has 4 nitrogen and oxygen atoms in total. The number of halogens is 2. The second-order valence-electron chi connectivity index (χ2n) is 4.63. The summed E-state index contributed by atoms with van der Waals surface area (Å²) < 4.78 is 0. The molecule has 0 unspecified atom stereocenters. The van der Waals surface area contributed by atoms with E-state index < -0.39 is 0 Å². The molecule has 1 saturated carbocycles. The molecule has 0 radical (unpaired) electrons. The first-order valence-electron chi connectivity index (χ1n) is 6.06. The van der Waals surface area contributed by atoms with Crippen molar-refractivity contribution < 1.29 is 4.79 Å². The van der Waals surface area contributed by atoms with Crippen molar-refractivity contribution in [1.29, 1.82) is 10.5 Å². The standard InChI is InChI=1S/C14H11Cl2N3O/c15-12-2-1-9(7-13(12)16)10-8-11(10)14(20)19(5-3-17)6-4-18/h1-2,7,10-11H,5-6,8H2/t10-,11-/m1/s1. The monoisotopic (exact) mass is 307 g/mol. The molecule has 0 aliphatic heterocycles. The summed E-state index contributed by atoms with van der Waals surface area (Å²) in [6, 6.07) is 9.13. The summed E-state index contributed by atoms with van der Waals surface area (Å²) in [5.74, 6) is -0.227. The van der Waals surface area contributed by atoms with E-state index in [9.17, 15) is 4.79 Å². The Balaban J connectivity index is 2.07. The minimum atomic E-state index is -0.172. The number of carbonyl (C=O) groups is 1. The van der Waals surface area contributed by atoms with Gasteiger partial charge in [-0.1, -0.05) is 29.3 Å². The Bertz CT molecular complexity index is 602. The van der Waals surface area contributed by atoms with Crippen LogP contribution in [0.3, 0.4) is 0 Å². The van der Waals surface area contributed by atoms with Crippen molar-refractivity contribution in [3.05, 3.63) is 33.8 Å². The van der Waals surface area contributed by atoms with Crippen LogP contribution in [0.25, 0.3) is 0 Å². The van der Waals surface area contributed by atoms with Gasteiger partial charge in [-0.2, -0.15) is 10.5 Å². The maximum atomic E-state index is 12.2. The Morgan fingerprint density at radius 1 is 1.25 bits per heavy atom. The van der Waals surface area contributed by atoms with E-state index in [0.29, 0.717) is 16.5 Å². The number of amides is 1. The van der Waals surface area contributed by atoms with E-state index in [0.717, 1.165) is 5.56 Å². The highest BCUT2D eigenvalue weighted by Crippen LogP contribution is 2.49. The number of nitriles is 2. The number of nitrogens with zero attached hydrogens (tertiary/aromatic N) is 3. The van der Waals surface area contributed by atoms with Crippen LogP contribution in [0.5, 0.6) is 0 Å². The fraction of sp³-hybridized carbons (Fsp3) is 0.357. The molecule has 1 aliphatic carbocycles. The molecule has 0 heterocycles. The van der Waals surface area contributed by atoms with Gasteiger partial charge in [0, 0.05) is 5.92 Å². The van der Waals surface area contributed by atoms with Crippen LogP contribution in [0.1, 0.15) is 17.9 Å². The fourth-order valence-corrected chi connectivity index (χ4v) is 2.50. The molecule has 1 fully saturated rings. The lowest BCUT2D eigenvalue weighted by molar-refractivity contribution is -0.131. The number of rotatable bonds is 4. The Morgan fingerprint density at radius 2 is 1.90 bits per heavy atom. The van der Waals surface area contributed by atoms with Crippen molar-refractivity contribution in [3.8, 4) is 12.1 Å². The van der Waals surface area contributed by atoms with Crippen molar-refractivity contribution in [3.63, 3.8) is 0 Å². The molecular formula is C14H11Cl2N3O. The van der Waals surface area contributed by atoms with Gasteiger partial charge < -0.3 is 4.90 Å². The minimum absolute atomic E-state index is 0.0585. The zero-order valence-corrected chi connectivity index (χ0v) is 12.0. The summed E-state index contributed by atoms with van der Waals surface area (Å²) >= 11 is 11.8. The molecule has 0 saturated heterocycles. The molecule has 20 heavy (non-hydrogen) atoms. The Hall–Kier alpha value is -1.75. The van der Waals surface area contributed by atoms with E-state index >= 15 is 0 Å². The second kappa shape index (κ2) is 6.13. The van der Waals surface area contributed by atoms with Gasteiger partial charge in [-0.15, -0.1) is 0 Å². The average molecular weight is 308 g/mol. The van der Waals surface area contributed by atoms with Gasteiger partial charge in [0.1, 0.15) is 13.1 Å². The van der Waals surface area contributed by atoms with Crippen molar-refractivity contribution in [2.24, 2.45) is 5.92 Å². The average Bonchev–Trinajstić information content (AvgIpc) is 3.21. The quantitative estimate of drug-likeness (QED) is 0.803. The first-order chi connectivity index (χ1) is 9.58. The smallest absolute Gasteiger partial charge is 0.228 e. The van der Waals surface area contributed by atoms with E-state index in [2.05, 4.69) is 0 Å². The molecule has 1 aromatic rings. The Labute approximate surface area is 127 Å². The van der Waals surface area contributed by atoms with Crippen molar-refractivity contribution >= 4 is 29.1 Å². The number of hydrogen-bond acceptors (Lipinski definition) is 3. The molecule has 1 aromatic carbocycles. The lowest BCUT2D eigenvalue weighted by Gasteiger charge is -2.15. The molecule has 0 bridgehead atoms. The second-order valence-corrected chi connectivity index (χ2v) is 5.45. The van der Waals surface area contributed by atoms with E-state index in [1.165, 1.54) is 4.90 Å². The van der Waals surface area contributed by atoms with E-state index in [1.807, 2.05) is 18.2 Å². The van der Waals surface area contributed by atoms with Crippen molar-refractivity contribution in [2.75, 3.05) is 13.1 Å². The van der Waals surface area contributed by atoms with Crippen LogP contribution in [0, 0.1) is 28.6 Å². The molecule has 0 aromatic heterocycles. The van der Waals surface area contributed by atoms with Crippen LogP contribution in [0.4, 0.5) is 0 Å². The van der Waals surface area contributed by atoms with Crippen LogP contribution < -0.4 is 0 Å². The zero-order valence-electron chi connectivity index (χ0n) is 10.5. The first-order valence-corrected chi connectivity index (χ1v) is 6.81. The number of benzene rings is 1.